The first-order chi connectivity index (χ1) is 16.3. The highest BCUT2D eigenvalue weighted by atomic mass is 16.2. The fraction of sp³-hybridized carbons (Fsp3) is 0.111. The Labute approximate surface area is 191 Å². The smallest absolute Gasteiger partial charge is 0.254 e. The lowest BCUT2D eigenvalue weighted by Gasteiger charge is -2.39. The molecule has 5 aromatic rings. The highest BCUT2D eigenvalue weighted by molar-refractivity contribution is 6.07. The van der Waals surface area contributed by atoms with Crippen molar-refractivity contribution in [3.8, 4) is 22.4 Å². The third-order valence-corrected chi connectivity index (χ3v) is 6.19. The quantitative estimate of drug-likeness (QED) is 0.408. The Morgan fingerprint density at radius 2 is 1.52 bits per heavy atom. The van der Waals surface area contributed by atoms with Gasteiger partial charge in [-0.25, -0.2) is 14.6 Å². The topological polar surface area (TPSA) is 63.9 Å². The van der Waals surface area contributed by atoms with Gasteiger partial charge in [-0.3, -0.25) is 4.79 Å². The van der Waals surface area contributed by atoms with E-state index in [0.29, 0.717) is 18.7 Å². The van der Waals surface area contributed by atoms with Crippen LogP contribution in [0.2, 0.25) is 0 Å². The summed E-state index contributed by atoms with van der Waals surface area (Å²) < 4.78 is 1.81. The van der Waals surface area contributed by atoms with E-state index in [0.717, 1.165) is 27.7 Å². The molecule has 33 heavy (non-hydrogen) atoms. The zero-order valence-electron chi connectivity index (χ0n) is 17.9. The average Bonchev–Trinajstić information content (AvgIpc) is 3.37. The van der Waals surface area contributed by atoms with E-state index in [-0.39, 0.29) is 11.9 Å². The summed E-state index contributed by atoms with van der Waals surface area (Å²) in [5.41, 5.74) is 5.60. The summed E-state index contributed by atoms with van der Waals surface area (Å²) in [4.78, 5) is 24.2. The van der Waals surface area contributed by atoms with Gasteiger partial charge in [-0.05, 0) is 23.3 Å². The summed E-state index contributed by atoms with van der Waals surface area (Å²) in [6, 6.07) is 28.5. The van der Waals surface area contributed by atoms with Crippen LogP contribution in [0.1, 0.15) is 16.4 Å². The molecule has 0 bridgehead atoms. The van der Waals surface area contributed by atoms with Crippen LogP contribution in [0.4, 0.5) is 0 Å². The first-order valence-electron chi connectivity index (χ1n) is 11.0. The highest BCUT2D eigenvalue weighted by Gasteiger charge is 2.33. The molecule has 0 spiro atoms. The number of hydrogen-bond acceptors (Lipinski definition) is 4. The Hall–Kier alpha value is -4.32. The van der Waals surface area contributed by atoms with E-state index in [1.54, 1.807) is 6.33 Å². The molecule has 6 heteroatoms. The fourth-order valence-electron chi connectivity index (χ4n) is 4.33. The number of carbonyl (C=O) groups excluding carboxylic acids is 1. The summed E-state index contributed by atoms with van der Waals surface area (Å²) in [5.74, 6) is 0.0205. The van der Waals surface area contributed by atoms with Crippen molar-refractivity contribution in [2.45, 2.75) is 6.04 Å². The molecule has 1 aliphatic heterocycles. The number of aromatic nitrogens is 4. The fourth-order valence-corrected chi connectivity index (χ4v) is 4.33. The Balaban J connectivity index is 1.33. The van der Waals surface area contributed by atoms with E-state index in [1.165, 1.54) is 11.9 Å². The highest BCUT2D eigenvalue weighted by Crippen LogP contribution is 2.30. The maximum atomic E-state index is 13.4. The molecule has 3 aromatic carbocycles. The van der Waals surface area contributed by atoms with Gasteiger partial charge in [0.15, 0.2) is 0 Å². The van der Waals surface area contributed by atoms with E-state index in [1.807, 2.05) is 58.1 Å². The molecule has 3 heterocycles. The number of hydrogen-bond donors (Lipinski definition) is 0. The van der Waals surface area contributed by atoms with E-state index in [2.05, 4.69) is 46.5 Å². The van der Waals surface area contributed by atoms with Crippen LogP contribution >= 0.6 is 0 Å². The predicted molar refractivity (Wildman–Crippen MR) is 128 cm³/mol. The van der Waals surface area contributed by atoms with Gasteiger partial charge >= 0.3 is 0 Å². The van der Waals surface area contributed by atoms with Crippen LogP contribution in [0, 0.1) is 0 Å². The second-order valence-corrected chi connectivity index (χ2v) is 8.26. The van der Waals surface area contributed by atoms with Gasteiger partial charge in [0.1, 0.15) is 12.7 Å². The van der Waals surface area contributed by atoms with Crippen molar-refractivity contribution >= 4 is 16.8 Å². The number of fused-ring (bicyclic) bond motifs is 1. The van der Waals surface area contributed by atoms with Crippen LogP contribution in [-0.2, 0) is 0 Å². The van der Waals surface area contributed by atoms with Gasteiger partial charge in [-0.15, -0.1) is 0 Å². The van der Waals surface area contributed by atoms with Crippen LogP contribution in [0.15, 0.2) is 97.6 Å². The molecule has 1 aliphatic rings. The van der Waals surface area contributed by atoms with Crippen LogP contribution in [-0.4, -0.2) is 43.6 Å². The number of pyridine rings is 1. The van der Waals surface area contributed by atoms with Crippen LogP contribution in [0.25, 0.3) is 33.3 Å². The number of carbonyl (C=O) groups is 1. The molecule has 1 amide bonds. The maximum absolute atomic E-state index is 13.4. The minimum absolute atomic E-state index is 0.0205. The van der Waals surface area contributed by atoms with Crippen molar-refractivity contribution in [2.75, 3.05) is 13.1 Å². The first kappa shape index (κ1) is 19.4. The molecular weight excluding hydrogens is 410 g/mol. The monoisotopic (exact) mass is 431 g/mol. The number of rotatable bonds is 4. The van der Waals surface area contributed by atoms with Crippen LogP contribution in [0.5, 0.6) is 0 Å². The summed E-state index contributed by atoms with van der Waals surface area (Å²) >= 11 is 0. The molecule has 160 valence electrons. The van der Waals surface area contributed by atoms with E-state index >= 15 is 0 Å². The minimum Gasteiger partial charge on any atom is -0.334 e. The van der Waals surface area contributed by atoms with E-state index < -0.39 is 0 Å². The normalized spacial score (nSPS) is 13.8. The second-order valence-electron chi connectivity index (χ2n) is 8.26. The first-order valence-corrected chi connectivity index (χ1v) is 11.0. The van der Waals surface area contributed by atoms with Crippen LogP contribution < -0.4 is 0 Å². The minimum atomic E-state index is 0.0205. The lowest BCUT2D eigenvalue weighted by molar-refractivity contribution is 0.0503. The van der Waals surface area contributed by atoms with Gasteiger partial charge in [0, 0.05) is 24.0 Å². The standard InChI is InChI=1S/C27H21N5O/c33-27(31-15-22(16-31)32-18-28-17-29-32)24-14-26(30-25-9-5-4-8-23(24)25)21-12-10-20(11-13-21)19-6-2-1-3-7-19/h1-14,17-18,22H,15-16H2. The molecule has 1 saturated heterocycles. The Morgan fingerprint density at radius 1 is 0.818 bits per heavy atom. The molecule has 0 unspecified atom stereocenters. The van der Waals surface area contributed by atoms with Crippen molar-refractivity contribution < 1.29 is 4.79 Å². The van der Waals surface area contributed by atoms with Crippen LogP contribution in [0.3, 0.4) is 0 Å². The molecule has 0 N–H and O–H groups in total. The zero-order valence-corrected chi connectivity index (χ0v) is 17.9. The molecule has 1 fully saturated rings. The molecule has 0 aliphatic carbocycles. The van der Waals surface area contributed by atoms with Crippen molar-refractivity contribution in [1.82, 2.24) is 24.6 Å². The largest absolute Gasteiger partial charge is 0.334 e. The molecular formula is C27H21N5O. The number of likely N-dealkylation sites (tertiary alicyclic amines) is 1. The molecule has 0 saturated carbocycles. The molecule has 6 nitrogen and oxygen atoms in total. The van der Waals surface area contributed by atoms with Crippen molar-refractivity contribution in [2.24, 2.45) is 0 Å². The molecule has 0 atom stereocenters. The van der Waals surface area contributed by atoms with Gasteiger partial charge in [0.25, 0.3) is 5.91 Å². The predicted octanol–water partition coefficient (Wildman–Crippen LogP) is 4.86. The number of benzene rings is 3. The van der Waals surface area contributed by atoms with Gasteiger partial charge in [-0.1, -0.05) is 72.8 Å². The SMILES string of the molecule is O=C(c1cc(-c2ccc(-c3ccccc3)cc2)nc2ccccc12)N1CC(n2cncn2)C1. The Bertz CT molecular complexity index is 1420. The van der Waals surface area contributed by atoms with E-state index in [4.69, 9.17) is 4.98 Å². The average molecular weight is 431 g/mol. The Morgan fingerprint density at radius 3 is 2.27 bits per heavy atom. The summed E-state index contributed by atoms with van der Waals surface area (Å²) in [5, 5.41) is 5.07. The maximum Gasteiger partial charge on any atom is 0.254 e. The zero-order chi connectivity index (χ0) is 22.2. The van der Waals surface area contributed by atoms with Crippen molar-refractivity contribution in [1.29, 1.82) is 0 Å². The summed E-state index contributed by atoms with van der Waals surface area (Å²) in [6.45, 7) is 1.25. The molecule has 6 rings (SSSR count). The van der Waals surface area contributed by atoms with Gasteiger partial charge in [0.2, 0.25) is 0 Å². The number of para-hydroxylation sites is 1. The summed E-state index contributed by atoms with van der Waals surface area (Å²) in [6.07, 6.45) is 3.22. The third kappa shape index (κ3) is 3.55. The molecule has 0 radical (unpaired) electrons. The summed E-state index contributed by atoms with van der Waals surface area (Å²) in [7, 11) is 0. The van der Waals surface area contributed by atoms with Crippen molar-refractivity contribution in [3.63, 3.8) is 0 Å². The van der Waals surface area contributed by atoms with E-state index in [9.17, 15) is 4.79 Å². The number of amides is 1. The molecule has 2 aromatic heterocycles. The third-order valence-electron chi connectivity index (χ3n) is 6.19. The van der Waals surface area contributed by atoms with Gasteiger partial charge < -0.3 is 4.90 Å². The number of nitrogens with zero attached hydrogens (tertiary/aromatic N) is 5. The lowest BCUT2D eigenvalue weighted by Crippen LogP contribution is -2.50. The Kier molecular flexibility index (Phi) is 4.69. The van der Waals surface area contributed by atoms with Crippen molar-refractivity contribution in [3.05, 3.63) is 103 Å². The lowest BCUT2D eigenvalue weighted by atomic mass is 9.99. The second kappa shape index (κ2) is 7.98. The van der Waals surface area contributed by atoms with Gasteiger partial charge in [0.05, 0.1) is 22.8 Å². The van der Waals surface area contributed by atoms with Gasteiger partial charge in [-0.2, -0.15) is 5.10 Å².